The van der Waals surface area contributed by atoms with Crippen molar-refractivity contribution >= 4 is 21.7 Å². The van der Waals surface area contributed by atoms with E-state index in [0.717, 1.165) is 18.8 Å². The average Bonchev–Trinajstić information content (AvgIpc) is 3.69. The number of hydrogen-bond donors (Lipinski definition) is 1. The molecule has 12 heteroatoms. The maximum absolute atomic E-state index is 13.5. The molecule has 6 rings (SSSR count). The Hall–Kier alpha value is -3.41. The van der Waals surface area contributed by atoms with Gasteiger partial charge in [-0.2, -0.15) is 5.10 Å². The normalized spacial score (nSPS) is 25.5. The number of sulfonamides is 1. The highest BCUT2D eigenvalue weighted by molar-refractivity contribution is 7.90. The molecule has 2 aliphatic carbocycles. The van der Waals surface area contributed by atoms with E-state index in [2.05, 4.69) is 40.6 Å². The van der Waals surface area contributed by atoms with Crippen LogP contribution in [0.4, 0.5) is 5.82 Å². The maximum Gasteiger partial charge on any atom is 0.268 e. The Kier molecular flexibility index (Phi) is 6.43. The summed E-state index contributed by atoms with van der Waals surface area (Å²) in [6, 6.07) is 5.15. The molecular weight excluding hydrogens is 530 g/mol. The molecule has 4 atom stereocenters. The van der Waals surface area contributed by atoms with Crippen molar-refractivity contribution in [1.29, 1.82) is 0 Å². The molecule has 2 bridgehead atoms. The summed E-state index contributed by atoms with van der Waals surface area (Å²) in [6.07, 6.45) is 9.19. The summed E-state index contributed by atoms with van der Waals surface area (Å²) in [4.78, 5) is 20.4. The van der Waals surface area contributed by atoms with Gasteiger partial charge in [0.25, 0.3) is 15.9 Å². The van der Waals surface area contributed by atoms with Crippen LogP contribution in [0.15, 0.2) is 35.5 Å². The molecule has 0 radical (unpaired) electrons. The molecular formula is C28H37N7O4S. The third kappa shape index (κ3) is 4.86. The van der Waals surface area contributed by atoms with Crippen LogP contribution in [0.5, 0.6) is 5.88 Å². The number of aromatic nitrogens is 5. The summed E-state index contributed by atoms with van der Waals surface area (Å²) < 4.78 is 37.7. The minimum Gasteiger partial charge on any atom is -0.473 e. The molecule has 214 valence electrons. The molecule has 3 aromatic heterocycles. The Morgan fingerprint density at radius 3 is 2.58 bits per heavy atom. The fraction of sp³-hybridized carbons (Fsp3) is 0.571. The van der Waals surface area contributed by atoms with Gasteiger partial charge in [-0.1, -0.05) is 6.92 Å². The van der Waals surface area contributed by atoms with Gasteiger partial charge < -0.3 is 9.64 Å². The highest BCUT2D eigenvalue weighted by Crippen LogP contribution is 2.46. The fourth-order valence-corrected chi connectivity index (χ4v) is 8.15. The first-order valence-electron chi connectivity index (χ1n) is 14.0. The van der Waals surface area contributed by atoms with Crippen molar-refractivity contribution in [3.63, 3.8) is 0 Å². The standard InChI is InChI=1S/C28H37N7O4S/c1-17-14-28(3,4)34(15-17)26-21(27(36)32-40(37,38)23-16-33(5)30-18(23)2)8-9-24(29-26)35-11-10-25(31-35)39-22-13-19-6-7-20(22)12-19/h8-11,16-17,19-20,22H,6-7,12-15H2,1-5H3,(H,32,36)/t17-,19?,20?,22-/m0/s1. The predicted molar refractivity (Wildman–Crippen MR) is 149 cm³/mol. The van der Waals surface area contributed by atoms with Gasteiger partial charge in [-0.25, -0.2) is 22.8 Å². The molecule has 1 amide bonds. The van der Waals surface area contributed by atoms with Crippen LogP contribution in [0.3, 0.4) is 0 Å². The number of aryl methyl sites for hydroxylation is 2. The number of amides is 1. The molecule has 3 aliphatic rings. The highest BCUT2D eigenvalue weighted by atomic mass is 32.2. The molecule has 11 nitrogen and oxygen atoms in total. The summed E-state index contributed by atoms with van der Waals surface area (Å²) in [5.41, 5.74) is 0.216. The highest BCUT2D eigenvalue weighted by Gasteiger charge is 2.42. The zero-order chi connectivity index (χ0) is 28.4. The molecule has 2 saturated carbocycles. The Balaban J connectivity index is 1.31. The van der Waals surface area contributed by atoms with Crippen molar-refractivity contribution in [2.24, 2.45) is 24.8 Å². The molecule has 4 heterocycles. The van der Waals surface area contributed by atoms with E-state index < -0.39 is 15.9 Å². The SMILES string of the molecule is Cc1nn(C)cc1S(=O)(=O)NC(=O)c1ccc(-n2ccc(O[C@H]3CC4CCC3C4)n2)nc1N1C[C@@H](C)CC1(C)C. The minimum atomic E-state index is -4.13. The fourth-order valence-electron chi connectivity index (χ4n) is 6.97. The van der Waals surface area contributed by atoms with Crippen LogP contribution in [-0.2, 0) is 17.1 Å². The second-order valence-electron chi connectivity index (χ2n) is 12.4. The van der Waals surface area contributed by atoms with Crippen LogP contribution in [0.25, 0.3) is 5.82 Å². The minimum absolute atomic E-state index is 0.0378. The number of nitrogens with one attached hydrogen (secondary N) is 1. The van der Waals surface area contributed by atoms with E-state index in [1.807, 2.05) is 12.3 Å². The largest absolute Gasteiger partial charge is 0.473 e. The lowest BCUT2D eigenvalue weighted by Crippen LogP contribution is -2.41. The van der Waals surface area contributed by atoms with E-state index in [9.17, 15) is 13.2 Å². The van der Waals surface area contributed by atoms with E-state index in [1.54, 1.807) is 30.8 Å². The van der Waals surface area contributed by atoms with Gasteiger partial charge in [0.2, 0.25) is 5.88 Å². The van der Waals surface area contributed by atoms with E-state index in [0.29, 0.717) is 41.6 Å². The summed E-state index contributed by atoms with van der Waals surface area (Å²) in [6.45, 7) is 8.66. The third-order valence-electron chi connectivity index (χ3n) is 8.66. The Labute approximate surface area is 235 Å². The first-order valence-corrected chi connectivity index (χ1v) is 15.5. The van der Waals surface area contributed by atoms with E-state index in [-0.39, 0.29) is 22.1 Å². The molecule has 0 spiro atoms. The van der Waals surface area contributed by atoms with Crippen molar-refractivity contribution < 1.29 is 17.9 Å². The summed E-state index contributed by atoms with van der Waals surface area (Å²) in [5, 5.41) is 8.74. The zero-order valence-electron chi connectivity index (χ0n) is 23.7. The first-order chi connectivity index (χ1) is 18.9. The number of anilines is 1. The van der Waals surface area contributed by atoms with Crippen LogP contribution in [0.2, 0.25) is 0 Å². The summed E-state index contributed by atoms with van der Waals surface area (Å²) in [7, 11) is -2.50. The van der Waals surface area contributed by atoms with Gasteiger partial charge in [-0.05, 0) is 82.8 Å². The topological polar surface area (TPSA) is 124 Å². The van der Waals surface area contributed by atoms with Crippen LogP contribution in [-0.4, -0.2) is 57.1 Å². The Bertz CT molecular complexity index is 1560. The van der Waals surface area contributed by atoms with E-state index in [1.165, 1.54) is 30.1 Å². The molecule has 1 saturated heterocycles. The monoisotopic (exact) mass is 567 g/mol. The number of hydrogen-bond acceptors (Lipinski definition) is 8. The van der Waals surface area contributed by atoms with Crippen LogP contribution < -0.4 is 14.4 Å². The second kappa shape index (κ2) is 9.60. The van der Waals surface area contributed by atoms with E-state index in [4.69, 9.17) is 9.72 Å². The lowest BCUT2D eigenvalue weighted by molar-refractivity contribution is 0.0981. The second-order valence-corrected chi connectivity index (χ2v) is 14.0. The number of rotatable bonds is 7. The van der Waals surface area contributed by atoms with Crippen LogP contribution in [0.1, 0.15) is 68.9 Å². The number of carbonyl (C=O) groups excluding carboxylic acids is 1. The predicted octanol–water partition coefficient (Wildman–Crippen LogP) is 3.62. The van der Waals surface area contributed by atoms with E-state index >= 15 is 0 Å². The molecule has 2 unspecified atom stereocenters. The number of fused-ring (bicyclic) bond motifs is 2. The zero-order valence-corrected chi connectivity index (χ0v) is 24.5. The van der Waals surface area contributed by atoms with Gasteiger partial charge in [0.05, 0.1) is 11.3 Å². The number of carbonyl (C=O) groups is 1. The molecule has 1 aliphatic heterocycles. The van der Waals surface area contributed by atoms with Gasteiger partial charge in [0, 0.05) is 37.6 Å². The quantitative estimate of drug-likeness (QED) is 0.459. The number of pyridine rings is 1. The summed E-state index contributed by atoms with van der Waals surface area (Å²) in [5.74, 6) is 2.54. The van der Waals surface area contributed by atoms with Crippen LogP contribution >= 0.6 is 0 Å². The van der Waals surface area contributed by atoms with Crippen LogP contribution in [0, 0.1) is 24.7 Å². The Morgan fingerprint density at radius 1 is 1.15 bits per heavy atom. The number of ether oxygens (including phenoxy) is 1. The molecule has 3 fully saturated rings. The third-order valence-corrected chi connectivity index (χ3v) is 10.1. The summed E-state index contributed by atoms with van der Waals surface area (Å²) >= 11 is 0. The lowest BCUT2D eigenvalue weighted by atomic mass is 9.97. The van der Waals surface area contributed by atoms with Gasteiger partial charge in [0.15, 0.2) is 5.82 Å². The number of nitrogens with zero attached hydrogens (tertiary/aromatic N) is 6. The smallest absolute Gasteiger partial charge is 0.268 e. The van der Waals surface area contributed by atoms with Gasteiger partial charge in [-0.3, -0.25) is 9.48 Å². The molecule has 3 aromatic rings. The molecule has 1 N–H and O–H groups in total. The van der Waals surface area contributed by atoms with Crippen molar-refractivity contribution in [1.82, 2.24) is 29.3 Å². The van der Waals surface area contributed by atoms with Crippen molar-refractivity contribution in [2.75, 3.05) is 11.4 Å². The van der Waals surface area contributed by atoms with Gasteiger partial charge in [-0.15, -0.1) is 5.10 Å². The maximum atomic E-state index is 13.5. The van der Waals surface area contributed by atoms with Crippen molar-refractivity contribution in [3.05, 3.63) is 41.9 Å². The van der Waals surface area contributed by atoms with Gasteiger partial charge in [0.1, 0.15) is 16.8 Å². The molecule has 0 aromatic carbocycles. The first kappa shape index (κ1) is 26.8. The molecule has 40 heavy (non-hydrogen) atoms. The Morgan fingerprint density at radius 2 is 1.95 bits per heavy atom. The van der Waals surface area contributed by atoms with Gasteiger partial charge >= 0.3 is 0 Å². The van der Waals surface area contributed by atoms with Crippen molar-refractivity contribution in [2.45, 2.75) is 76.3 Å². The lowest BCUT2D eigenvalue weighted by Gasteiger charge is -2.34. The average molecular weight is 568 g/mol. The van der Waals surface area contributed by atoms with Crippen molar-refractivity contribution in [3.8, 4) is 11.7 Å².